The van der Waals surface area contributed by atoms with Gasteiger partial charge in [0.25, 0.3) is 0 Å². The molecule has 5 heteroatoms. The molecule has 0 spiro atoms. The van der Waals surface area contributed by atoms with Gasteiger partial charge in [0.15, 0.2) is 5.16 Å². The van der Waals surface area contributed by atoms with E-state index in [9.17, 15) is 4.79 Å². The van der Waals surface area contributed by atoms with E-state index >= 15 is 0 Å². The fourth-order valence-corrected chi connectivity index (χ4v) is 3.72. The number of esters is 1. The van der Waals surface area contributed by atoms with Crippen LogP contribution >= 0.6 is 11.8 Å². The zero-order valence-corrected chi connectivity index (χ0v) is 18.8. The maximum absolute atomic E-state index is 12.1. The van der Waals surface area contributed by atoms with Crippen molar-refractivity contribution in [3.63, 3.8) is 0 Å². The van der Waals surface area contributed by atoms with Crippen LogP contribution in [0, 0.1) is 6.92 Å². The Balaban J connectivity index is 1.80. The summed E-state index contributed by atoms with van der Waals surface area (Å²) in [5, 5.41) is 0.719. The van der Waals surface area contributed by atoms with Crippen molar-refractivity contribution in [1.29, 1.82) is 0 Å². The lowest BCUT2D eigenvalue weighted by Gasteiger charge is -2.19. The second kappa shape index (κ2) is 9.90. The molecule has 0 N–H and O–H groups in total. The summed E-state index contributed by atoms with van der Waals surface area (Å²) in [6, 6.07) is 20.5. The Kier molecular flexibility index (Phi) is 7.27. The molecule has 0 aliphatic carbocycles. The fourth-order valence-electron chi connectivity index (χ4n) is 2.88. The Bertz CT molecular complexity index is 980. The molecule has 0 saturated carbocycles. The summed E-state index contributed by atoms with van der Waals surface area (Å²) in [5.74, 6) is 0.584. The molecule has 0 atom stereocenters. The van der Waals surface area contributed by atoms with Gasteiger partial charge >= 0.3 is 5.97 Å². The maximum atomic E-state index is 12.1. The van der Waals surface area contributed by atoms with Gasteiger partial charge in [-0.2, -0.15) is 0 Å². The Hall–Kier alpha value is -2.66. The Labute approximate surface area is 183 Å². The van der Waals surface area contributed by atoms with Crippen molar-refractivity contribution >= 4 is 17.7 Å². The number of benzene rings is 2. The number of nitrogens with zero attached hydrogens (tertiary/aromatic N) is 2. The summed E-state index contributed by atoms with van der Waals surface area (Å²) in [7, 11) is 0. The molecule has 0 bridgehead atoms. The van der Waals surface area contributed by atoms with Gasteiger partial charge in [-0.1, -0.05) is 71.9 Å². The van der Waals surface area contributed by atoms with Crippen LogP contribution in [0.25, 0.3) is 11.3 Å². The summed E-state index contributed by atoms with van der Waals surface area (Å²) >= 11 is 1.61. The highest BCUT2D eigenvalue weighted by atomic mass is 32.2. The molecule has 0 radical (unpaired) electrons. The molecule has 30 heavy (non-hydrogen) atoms. The van der Waals surface area contributed by atoms with Gasteiger partial charge in [-0.3, -0.25) is 4.79 Å². The lowest BCUT2D eigenvalue weighted by Crippen LogP contribution is -2.24. The summed E-state index contributed by atoms with van der Waals surface area (Å²) in [4.78, 5) is 21.6. The summed E-state index contributed by atoms with van der Waals surface area (Å²) in [6.45, 7) is 7.70. The van der Waals surface area contributed by atoms with Crippen LogP contribution < -0.4 is 0 Å². The molecule has 156 valence electrons. The molecule has 3 rings (SSSR count). The predicted octanol–water partition coefficient (Wildman–Crippen LogP) is 6.02. The van der Waals surface area contributed by atoms with Gasteiger partial charge < -0.3 is 4.74 Å². The third-order valence-corrected chi connectivity index (χ3v) is 5.24. The average molecular weight is 421 g/mol. The molecule has 2 aromatic carbocycles. The number of carbonyl (C=O) groups excluding carboxylic acids is 1. The number of carbonyl (C=O) groups is 1. The Morgan fingerprint density at radius 2 is 1.70 bits per heavy atom. The highest BCUT2D eigenvalue weighted by molar-refractivity contribution is 7.98. The third kappa shape index (κ3) is 6.99. The van der Waals surface area contributed by atoms with E-state index in [1.165, 1.54) is 11.1 Å². The first-order chi connectivity index (χ1) is 14.3. The van der Waals surface area contributed by atoms with E-state index in [4.69, 9.17) is 14.7 Å². The third-order valence-electron chi connectivity index (χ3n) is 4.32. The van der Waals surface area contributed by atoms with Crippen molar-refractivity contribution in [3.8, 4) is 11.3 Å². The molecule has 0 fully saturated rings. The van der Waals surface area contributed by atoms with E-state index in [2.05, 4.69) is 43.3 Å². The zero-order chi connectivity index (χ0) is 21.6. The number of aromatic nitrogens is 2. The number of hydrogen-bond acceptors (Lipinski definition) is 5. The number of ether oxygens (including phenoxy) is 1. The van der Waals surface area contributed by atoms with Gasteiger partial charge in [-0.25, -0.2) is 9.97 Å². The van der Waals surface area contributed by atoms with Crippen molar-refractivity contribution in [3.05, 3.63) is 77.5 Å². The lowest BCUT2D eigenvalue weighted by molar-refractivity contribution is -0.154. The van der Waals surface area contributed by atoms with E-state index in [1.54, 1.807) is 11.8 Å². The van der Waals surface area contributed by atoms with Crippen LogP contribution in [0.2, 0.25) is 0 Å². The van der Waals surface area contributed by atoms with Crippen LogP contribution in [-0.2, 0) is 21.7 Å². The monoisotopic (exact) mass is 420 g/mol. The second-order valence-corrected chi connectivity index (χ2v) is 9.20. The zero-order valence-electron chi connectivity index (χ0n) is 18.0. The average Bonchev–Trinajstić information content (AvgIpc) is 2.71. The molecule has 0 saturated heterocycles. The number of aryl methyl sites for hydroxylation is 2. The lowest BCUT2D eigenvalue weighted by atomic mass is 10.1. The molecule has 1 heterocycles. The molecule has 3 aromatic rings. The SMILES string of the molecule is Cc1ccc(-c2cc(CCC(=O)OC(C)(C)C)nc(SCc3ccccc3)n2)cc1. The smallest absolute Gasteiger partial charge is 0.306 e. The summed E-state index contributed by atoms with van der Waals surface area (Å²) in [5.41, 5.74) is 4.72. The van der Waals surface area contributed by atoms with Gasteiger partial charge in [0.2, 0.25) is 0 Å². The van der Waals surface area contributed by atoms with Gasteiger partial charge in [0, 0.05) is 23.4 Å². The second-order valence-electron chi connectivity index (χ2n) is 8.25. The molecule has 0 unspecified atom stereocenters. The molecule has 0 aliphatic rings. The molecular weight excluding hydrogens is 392 g/mol. The van der Waals surface area contributed by atoms with Crippen molar-refractivity contribution < 1.29 is 9.53 Å². The highest BCUT2D eigenvalue weighted by Crippen LogP contribution is 2.25. The van der Waals surface area contributed by atoms with E-state index < -0.39 is 5.60 Å². The van der Waals surface area contributed by atoms with Crippen LogP contribution in [0.4, 0.5) is 0 Å². The molecular formula is C25H28N2O2S. The quantitative estimate of drug-likeness (QED) is 0.266. The molecule has 1 aromatic heterocycles. The van der Waals surface area contributed by atoms with E-state index in [0.717, 1.165) is 27.9 Å². The first kappa shape index (κ1) is 22.0. The minimum atomic E-state index is -0.480. The van der Waals surface area contributed by atoms with Crippen molar-refractivity contribution in [2.75, 3.05) is 0 Å². The fraction of sp³-hybridized carbons (Fsp3) is 0.320. The summed E-state index contributed by atoms with van der Waals surface area (Å²) in [6.07, 6.45) is 0.819. The van der Waals surface area contributed by atoms with Crippen LogP contribution in [0.1, 0.15) is 44.0 Å². The van der Waals surface area contributed by atoms with Crippen molar-refractivity contribution in [1.82, 2.24) is 9.97 Å². The molecule has 4 nitrogen and oxygen atoms in total. The van der Waals surface area contributed by atoms with E-state index in [-0.39, 0.29) is 5.97 Å². The Morgan fingerprint density at radius 3 is 2.37 bits per heavy atom. The normalized spacial score (nSPS) is 11.3. The minimum absolute atomic E-state index is 0.212. The van der Waals surface area contributed by atoms with Crippen LogP contribution in [-0.4, -0.2) is 21.5 Å². The number of hydrogen-bond donors (Lipinski definition) is 0. The van der Waals surface area contributed by atoms with Crippen molar-refractivity contribution in [2.24, 2.45) is 0 Å². The first-order valence-corrected chi connectivity index (χ1v) is 11.1. The van der Waals surface area contributed by atoms with Crippen molar-refractivity contribution in [2.45, 2.75) is 57.0 Å². The number of rotatable bonds is 7. The molecule has 0 amide bonds. The van der Waals surface area contributed by atoms with E-state index in [1.807, 2.05) is 45.0 Å². The highest BCUT2D eigenvalue weighted by Gasteiger charge is 2.17. The maximum Gasteiger partial charge on any atom is 0.306 e. The van der Waals surface area contributed by atoms with E-state index in [0.29, 0.717) is 12.8 Å². The topological polar surface area (TPSA) is 52.1 Å². The van der Waals surface area contributed by atoms with Gasteiger partial charge in [0.05, 0.1) is 12.1 Å². The van der Waals surface area contributed by atoms with Crippen LogP contribution in [0.15, 0.2) is 65.8 Å². The summed E-state index contributed by atoms with van der Waals surface area (Å²) < 4.78 is 5.44. The first-order valence-electron chi connectivity index (χ1n) is 10.1. The number of thioether (sulfide) groups is 1. The minimum Gasteiger partial charge on any atom is -0.460 e. The van der Waals surface area contributed by atoms with Crippen LogP contribution in [0.5, 0.6) is 0 Å². The predicted molar refractivity (Wildman–Crippen MR) is 122 cm³/mol. The standard InChI is InChI=1S/C25H28N2O2S/c1-18-10-12-20(13-11-18)22-16-21(14-15-23(28)29-25(2,3)4)26-24(27-22)30-17-19-8-6-5-7-9-19/h5-13,16H,14-15,17H2,1-4H3. The van der Waals surface area contributed by atoms with Gasteiger partial charge in [0.1, 0.15) is 5.60 Å². The Morgan fingerprint density at radius 1 is 1.00 bits per heavy atom. The van der Waals surface area contributed by atoms with Gasteiger partial charge in [-0.15, -0.1) is 0 Å². The molecule has 0 aliphatic heterocycles. The van der Waals surface area contributed by atoms with Gasteiger partial charge in [-0.05, 0) is 39.3 Å². The largest absolute Gasteiger partial charge is 0.460 e. The van der Waals surface area contributed by atoms with Crippen LogP contribution in [0.3, 0.4) is 0 Å².